The average molecular weight is 231 g/mol. The SMILES string of the molecule is CCN(CC)c1nc(NN)c2ccccc2n1. The number of para-hydroxylation sites is 1. The zero-order chi connectivity index (χ0) is 12.3. The molecule has 1 aromatic heterocycles. The number of hydrogen-bond donors (Lipinski definition) is 2. The summed E-state index contributed by atoms with van der Waals surface area (Å²) in [7, 11) is 0. The van der Waals surface area contributed by atoms with Gasteiger partial charge in [0.25, 0.3) is 0 Å². The fraction of sp³-hybridized carbons (Fsp3) is 0.333. The minimum atomic E-state index is 0.664. The second-order valence-corrected chi connectivity index (χ2v) is 3.71. The van der Waals surface area contributed by atoms with Crippen LogP contribution in [0.25, 0.3) is 10.9 Å². The summed E-state index contributed by atoms with van der Waals surface area (Å²) in [6.45, 7) is 5.91. The Kier molecular flexibility index (Phi) is 3.39. The molecule has 0 saturated heterocycles. The Hall–Kier alpha value is -1.88. The Bertz CT molecular complexity index is 507. The molecule has 3 N–H and O–H groups in total. The highest BCUT2D eigenvalue weighted by Gasteiger charge is 2.10. The number of hydrogen-bond acceptors (Lipinski definition) is 5. The minimum absolute atomic E-state index is 0.664. The molecule has 2 rings (SSSR count). The van der Waals surface area contributed by atoms with Gasteiger partial charge in [-0.25, -0.2) is 10.8 Å². The zero-order valence-corrected chi connectivity index (χ0v) is 10.1. The molecule has 0 atom stereocenters. The topological polar surface area (TPSA) is 67.1 Å². The van der Waals surface area contributed by atoms with Crippen LogP contribution in [-0.4, -0.2) is 23.1 Å². The van der Waals surface area contributed by atoms with Crippen LogP contribution in [0.3, 0.4) is 0 Å². The number of fused-ring (bicyclic) bond motifs is 1. The predicted molar refractivity (Wildman–Crippen MR) is 70.9 cm³/mol. The standard InChI is InChI=1S/C12H17N5/c1-3-17(4-2)12-14-10-8-6-5-7-9(10)11(15-12)16-13/h5-8H,3-4,13H2,1-2H3,(H,14,15,16). The molecule has 2 aromatic rings. The van der Waals surface area contributed by atoms with Crippen LogP contribution in [-0.2, 0) is 0 Å². The van der Waals surface area contributed by atoms with E-state index in [2.05, 4.69) is 34.1 Å². The third-order valence-corrected chi connectivity index (χ3v) is 2.77. The van der Waals surface area contributed by atoms with Gasteiger partial charge in [-0.15, -0.1) is 0 Å². The maximum Gasteiger partial charge on any atom is 0.227 e. The molecule has 1 heterocycles. The number of benzene rings is 1. The first-order valence-electron chi connectivity index (χ1n) is 5.78. The van der Waals surface area contributed by atoms with Gasteiger partial charge in [0.15, 0.2) is 5.82 Å². The van der Waals surface area contributed by atoms with E-state index in [1.54, 1.807) is 0 Å². The van der Waals surface area contributed by atoms with E-state index in [9.17, 15) is 0 Å². The van der Waals surface area contributed by atoms with E-state index in [1.807, 2.05) is 24.3 Å². The lowest BCUT2D eigenvalue weighted by atomic mass is 10.2. The van der Waals surface area contributed by atoms with Crippen molar-refractivity contribution in [2.75, 3.05) is 23.4 Å². The second-order valence-electron chi connectivity index (χ2n) is 3.71. The Morgan fingerprint density at radius 1 is 1.18 bits per heavy atom. The van der Waals surface area contributed by atoms with Gasteiger partial charge in [-0.05, 0) is 26.0 Å². The maximum absolute atomic E-state index is 5.51. The number of nitrogens with one attached hydrogen (secondary N) is 1. The highest BCUT2D eigenvalue weighted by atomic mass is 15.3. The Balaban J connectivity index is 2.59. The number of hydrazine groups is 1. The molecule has 0 bridgehead atoms. The van der Waals surface area contributed by atoms with Gasteiger partial charge in [0.05, 0.1) is 5.52 Å². The van der Waals surface area contributed by atoms with Gasteiger partial charge in [-0.2, -0.15) is 4.98 Å². The molecule has 0 aliphatic rings. The third kappa shape index (κ3) is 2.14. The van der Waals surface area contributed by atoms with Crippen molar-refractivity contribution in [3.63, 3.8) is 0 Å². The van der Waals surface area contributed by atoms with E-state index in [0.717, 1.165) is 24.0 Å². The van der Waals surface area contributed by atoms with Crippen molar-refractivity contribution in [1.29, 1.82) is 0 Å². The predicted octanol–water partition coefficient (Wildman–Crippen LogP) is 1.76. The molecule has 90 valence electrons. The van der Waals surface area contributed by atoms with E-state index in [-0.39, 0.29) is 0 Å². The van der Waals surface area contributed by atoms with E-state index in [4.69, 9.17) is 5.84 Å². The molecule has 0 unspecified atom stereocenters. The van der Waals surface area contributed by atoms with Gasteiger partial charge in [0, 0.05) is 18.5 Å². The van der Waals surface area contributed by atoms with E-state index >= 15 is 0 Å². The van der Waals surface area contributed by atoms with Crippen LogP contribution >= 0.6 is 0 Å². The smallest absolute Gasteiger partial charge is 0.227 e. The van der Waals surface area contributed by atoms with Gasteiger partial charge in [0.1, 0.15) is 0 Å². The molecule has 0 radical (unpaired) electrons. The fourth-order valence-corrected chi connectivity index (χ4v) is 1.82. The lowest BCUT2D eigenvalue weighted by Crippen LogP contribution is -2.25. The number of anilines is 2. The molecule has 0 aliphatic carbocycles. The van der Waals surface area contributed by atoms with Gasteiger partial charge in [0.2, 0.25) is 5.95 Å². The molecule has 0 aliphatic heterocycles. The van der Waals surface area contributed by atoms with Crippen LogP contribution in [0.2, 0.25) is 0 Å². The highest BCUT2D eigenvalue weighted by molar-refractivity contribution is 5.89. The summed E-state index contributed by atoms with van der Waals surface area (Å²) < 4.78 is 0. The van der Waals surface area contributed by atoms with Crippen LogP contribution in [0.15, 0.2) is 24.3 Å². The molecule has 1 aromatic carbocycles. The van der Waals surface area contributed by atoms with E-state index < -0.39 is 0 Å². The number of nitrogens with two attached hydrogens (primary N) is 1. The fourth-order valence-electron chi connectivity index (χ4n) is 1.82. The first-order chi connectivity index (χ1) is 8.30. The van der Waals surface area contributed by atoms with Crippen LogP contribution in [0, 0.1) is 0 Å². The highest BCUT2D eigenvalue weighted by Crippen LogP contribution is 2.22. The summed E-state index contributed by atoms with van der Waals surface area (Å²) >= 11 is 0. The second kappa shape index (κ2) is 4.97. The molecule has 5 heteroatoms. The van der Waals surface area contributed by atoms with Crippen molar-refractivity contribution in [2.45, 2.75) is 13.8 Å². The van der Waals surface area contributed by atoms with Crippen LogP contribution in [0.1, 0.15) is 13.8 Å². The molecule has 0 fully saturated rings. The average Bonchev–Trinajstić information content (AvgIpc) is 2.39. The normalized spacial score (nSPS) is 10.5. The van der Waals surface area contributed by atoms with Crippen molar-refractivity contribution in [3.05, 3.63) is 24.3 Å². The minimum Gasteiger partial charge on any atom is -0.341 e. The van der Waals surface area contributed by atoms with Crippen molar-refractivity contribution in [2.24, 2.45) is 5.84 Å². The number of aromatic nitrogens is 2. The van der Waals surface area contributed by atoms with Crippen molar-refractivity contribution in [1.82, 2.24) is 9.97 Å². The van der Waals surface area contributed by atoms with Crippen LogP contribution in [0.4, 0.5) is 11.8 Å². The van der Waals surface area contributed by atoms with Gasteiger partial charge < -0.3 is 10.3 Å². The summed E-state index contributed by atoms with van der Waals surface area (Å²) in [5, 5.41) is 0.936. The Morgan fingerprint density at radius 3 is 2.53 bits per heavy atom. The first-order valence-corrected chi connectivity index (χ1v) is 5.78. The van der Waals surface area contributed by atoms with E-state index in [0.29, 0.717) is 11.8 Å². The van der Waals surface area contributed by atoms with Gasteiger partial charge in [-0.1, -0.05) is 12.1 Å². The summed E-state index contributed by atoms with van der Waals surface area (Å²) in [5.74, 6) is 6.88. The van der Waals surface area contributed by atoms with E-state index in [1.165, 1.54) is 0 Å². The zero-order valence-electron chi connectivity index (χ0n) is 10.1. The van der Waals surface area contributed by atoms with Crippen molar-refractivity contribution >= 4 is 22.7 Å². The molecule has 17 heavy (non-hydrogen) atoms. The molecular formula is C12H17N5. The van der Waals surface area contributed by atoms with Crippen molar-refractivity contribution in [3.8, 4) is 0 Å². The molecule has 0 spiro atoms. The van der Waals surface area contributed by atoms with Crippen LogP contribution in [0.5, 0.6) is 0 Å². The summed E-state index contributed by atoms with van der Waals surface area (Å²) in [5.41, 5.74) is 3.54. The van der Waals surface area contributed by atoms with Gasteiger partial charge in [-0.3, -0.25) is 0 Å². The number of nitrogens with zero attached hydrogens (tertiary/aromatic N) is 3. The van der Waals surface area contributed by atoms with Crippen LogP contribution < -0.4 is 16.2 Å². The Morgan fingerprint density at radius 2 is 1.88 bits per heavy atom. The first kappa shape index (κ1) is 11.6. The van der Waals surface area contributed by atoms with Gasteiger partial charge >= 0.3 is 0 Å². The Labute approximate surface area is 101 Å². The number of rotatable bonds is 4. The summed E-state index contributed by atoms with van der Waals surface area (Å²) in [6, 6.07) is 7.83. The largest absolute Gasteiger partial charge is 0.341 e. The summed E-state index contributed by atoms with van der Waals surface area (Å²) in [6.07, 6.45) is 0. The maximum atomic E-state index is 5.51. The summed E-state index contributed by atoms with van der Waals surface area (Å²) in [4.78, 5) is 11.1. The molecule has 0 saturated carbocycles. The molecule has 0 amide bonds. The quantitative estimate of drug-likeness (QED) is 0.620. The lowest BCUT2D eigenvalue weighted by Gasteiger charge is -2.19. The number of nitrogen functional groups attached to an aromatic ring is 1. The monoisotopic (exact) mass is 231 g/mol. The molecular weight excluding hydrogens is 214 g/mol. The van der Waals surface area contributed by atoms with Crippen molar-refractivity contribution < 1.29 is 0 Å². The third-order valence-electron chi connectivity index (χ3n) is 2.77. The lowest BCUT2D eigenvalue weighted by molar-refractivity contribution is 0.826. The molecule has 5 nitrogen and oxygen atoms in total.